The molecular weight excluding hydrogens is 342 g/mol. The lowest BCUT2D eigenvalue weighted by Gasteiger charge is -2.28. The Morgan fingerprint density at radius 3 is 2.81 bits per heavy atom. The second kappa shape index (κ2) is 10.2. The molecule has 0 radical (unpaired) electrons. The van der Waals surface area contributed by atoms with E-state index in [1.807, 2.05) is 0 Å². The second-order valence-electron chi connectivity index (χ2n) is 6.97. The molecule has 0 aliphatic heterocycles. The molecular formula is C21H31N3O3. The number of benzene rings is 1. The van der Waals surface area contributed by atoms with E-state index in [1.165, 1.54) is 23.0 Å². The minimum atomic E-state index is -0.244. The van der Waals surface area contributed by atoms with Gasteiger partial charge in [0.25, 0.3) is 5.91 Å². The number of aryl methyl sites for hydroxylation is 2. The van der Waals surface area contributed by atoms with Crippen LogP contribution in [-0.2, 0) is 17.8 Å². The van der Waals surface area contributed by atoms with E-state index in [1.54, 1.807) is 7.11 Å². The minimum Gasteiger partial charge on any atom is -0.447 e. The molecule has 0 fully saturated rings. The Balaban J connectivity index is 2.08. The summed E-state index contributed by atoms with van der Waals surface area (Å²) in [5, 5.41) is 2.75. The average molecular weight is 373 g/mol. The quantitative estimate of drug-likeness (QED) is 0.646. The predicted octanol–water partition coefficient (Wildman–Crippen LogP) is 3.47. The fraction of sp³-hybridized carbons (Fsp3) is 0.524. The maximum absolute atomic E-state index is 12.1. The number of hydrogen-bond acceptors (Lipinski definition) is 5. The van der Waals surface area contributed by atoms with Gasteiger partial charge in [0.1, 0.15) is 6.26 Å². The molecule has 27 heavy (non-hydrogen) atoms. The van der Waals surface area contributed by atoms with Crippen molar-refractivity contribution < 1.29 is 13.9 Å². The van der Waals surface area contributed by atoms with Crippen LogP contribution in [0.4, 0.5) is 0 Å². The van der Waals surface area contributed by atoms with E-state index < -0.39 is 0 Å². The highest BCUT2D eigenvalue weighted by atomic mass is 16.5. The molecule has 6 nitrogen and oxygen atoms in total. The van der Waals surface area contributed by atoms with Crippen LogP contribution in [0.15, 0.2) is 28.9 Å². The van der Waals surface area contributed by atoms with Crippen molar-refractivity contribution in [2.24, 2.45) is 0 Å². The summed E-state index contributed by atoms with van der Waals surface area (Å²) in [5.74, 6) is 0.309. The van der Waals surface area contributed by atoms with Gasteiger partial charge in [0.05, 0.1) is 13.2 Å². The van der Waals surface area contributed by atoms with Gasteiger partial charge in [-0.15, -0.1) is 0 Å². The number of methoxy groups -OCH3 is 1. The Morgan fingerprint density at radius 2 is 2.11 bits per heavy atom. The summed E-state index contributed by atoms with van der Waals surface area (Å²) in [7, 11) is 1.60. The van der Waals surface area contributed by atoms with E-state index in [0.29, 0.717) is 37.3 Å². The Kier molecular flexibility index (Phi) is 8.00. The standard InChI is InChI=1S/C21H31N3O3/c1-6-17(4)24(12-18-11-15(2)7-8-16(18)3)13-20-23-19(14-27-20)21(25)22-9-10-26-5/h7-8,11,14,17H,6,9-10,12-13H2,1-5H3,(H,22,25). The van der Waals surface area contributed by atoms with Gasteiger partial charge in [0.2, 0.25) is 5.89 Å². The van der Waals surface area contributed by atoms with Crippen LogP contribution in [-0.4, -0.2) is 42.1 Å². The fourth-order valence-electron chi connectivity index (χ4n) is 2.83. The van der Waals surface area contributed by atoms with Crippen LogP contribution in [0.2, 0.25) is 0 Å². The molecule has 1 aromatic heterocycles. The van der Waals surface area contributed by atoms with Crippen LogP contribution in [0, 0.1) is 13.8 Å². The SMILES string of the molecule is CCC(C)N(Cc1nc(C(=O)NCCOC)co1)Cc1cc(C)ccc1C. The Morgan fingerprint density at radius 1 is 1.33 bits per heavy atom. The molecule has 6 heteroatoms. The lowest BCUT2D eigenvalue weighted by atomic mass is 10.0. The number of hydrogen-bond donors (Lipinski definition) is 1. The van der Waals surface area contributed by atoms with Crippen molar-refractivity contribution in [2.75, 3.05) is 20.3 Å². The molecule has 1 unspecified atom stereocenters. The van der Waals surface area contributed by atoms with Gasteiger partial charge in [0, 0.05) is 26.2 Å². The molecule has 0 aliphatic rings. The van der Waals surface area contributed by atoms with Gasteiger partial charge in [-0.25, -0.2) is 4.98 Å². The van der Waals surface area contributed by atoms with Crippen LogP contribution in [0.1, 0.15) is 53.3 Å². The summed E-state index contributed by atoms with van der Waals surface area (Å²) in [6.45, 7) is 10.9. The molecule has 0 aliphatic carbocycles. The van der Waals surface area contributed by atoms with Gasteiger partial charge in [-0.05, 0) is 38.3 Å². The van der Waals surface area contributed by atoms with E-state index in [2.05, 4.69) is 61.1 Å². The van der Waals surface area contributed by atoms with Gasteiger partial charge in [-0.3, -0.25) is 9.69 Å². The van der Waals surface area contributed by atoms with Gasteiger partial charge < -0.3 is 14.5 Å². The monoisotopic (exact) mass is 373 g/mol. The molecule has 1 heterocycles. The third-order valence-electron chi connectivity index (χ3n) is 4.81. The molecule has 0 spiro atoms. The Hall–Kier alpha value is -2.18. The van der Waals surface area contributed by atoms with E-state index in [-0.39, 0.29) is 5.91 Å². The first kappa shape index (κ1) is 21.1. The number of aromatic nitrogens is 1. The van der Waals surface area contributed by atoms with Crippen LogP contribution in [0.5, 0.6) is 0 Å². The summed E-state index contributed by atoms with van der Waals surface area (Å²) in [6, 6.07) is 6.90. The molecule has 2 aromatic rings. The second-order valence-corrected chi connectivity index (χ2v) is 6.97. The molecule has 1 aromatic carbocycles. The summed E-state index contributed by atoms with van der Waals surface area (Å²) >= 11 is 0. The van der Waals surface area contributed by atoms with Crippen molar-refractivity contribution in [1.29, 1.82) is 0 Å². The first-order valence-electron chi connectivity index (χ1n) is 9.46. The normalized spacial score (nSPS) is 12.4. The maximum Gasteiger partial charge on any atom is 0.273 e. The zero-order valence-electron chi connectivity index (χ0n) is 17.0. The highest BCUT2D eigenvalue weighted by Crippen LogP contribution is 2.18. The summed E-state index contributed by atoms with van der Waals surface area (Å²) in [6.07, 6.45) is 2.44. The summed E-state index contributed by atoms with van der Waals surface area (Å²) in [4.78, 5) is 18.8. The number of carbonyl (C=O) groups is 1. The van der Waals surface area contributed by atoms with Crippen molar-refractivity contribution in [1.82, 2.24) is 15.2 Å². The minimum absolute atomic E-state index is 0.244. The third kappa shape index (κ3) is 6.19. The molecule has 148 valence electrons. The summed E-state index contributed by atoms with van der Waals surface area (Å²) < 4.78 is 10.5. The number of ether oxygens (including phenoxy) is 1. The zero-order valence-corrected chi connectivity index (χ0v) is 17.0. The Bertz CT molecular complexity index is 742. The largest absolute Gasteiger partial charge is 0.447 e. The van der Waals surface area contributed by atoms with Crippen molar-refractivity contribution in [3.8, 4) is 0 Å². The van der Waals surface area contributed by atoms with Gasteiger partial charge >= 0.3 is 0 Å². The number of nitrogens with zero attached hydrogens (tertiary/aromatic N) is 2. The highest BCUT2D eigenvalue weighted by molar-refractivity contribution is 5.91. The van der Waals surface area contributed by atoms with Crippen LogP contribution < -0.4 is 5.32 Å². The molecule has 1 amide bonds. The smallest absolute Gasteiger partial charge is 0.273 e. The van der Waals surface area contributed by atoms with E-state index in [0.717, 1.165) is 13.0 Å². The topological polar surface area (TPSA) is 67.6 Å². The van der Waals surface area contributed by atoms with Gasteiger partial charge in [-0.1, -0.05) is 30.7 Å². The number of amides is 1. The maximum atomic E-state index is 12.1. The lowest BCUT2D eigenvalue weighted by Crippen LogP contribution is -2.32. The lowest BCUT2D eigenvalue weighted by molar-refractivity contribution is 0.0932. The fourth-order valence-corrected chi connectivity index (χ4v) is 2.83. The van der Waals surface area contributed by atoms with Crippen LogP contribution in [0.3, 0.4) is 0 Å². The number of rotatable bonds is 10. The van der Waals surface area contributed by atoms with E-state index in [9.17, 15) is 4.79 Å². The van der Waals surface area contributed by atoms with Crippen molar-refractivity contribution in [2.45, 2.75) is 53.2 Å². The number of carbonyl (C=O) groups excluding carboxylic acids is 1. The van der Waals surface area contributed by atoms with Crippen LogP contribution >= 0.6 is 0 Å². The van der Waals surface area contributed by atoms with Gasteiger partial charge in [-0.2, -0.15) is 0 Å². The zero-order chi connectivity index (χ0) is 19.8. The first-order chi connectivity index (χ1) is 12.9. The molecule has 0 bridgehead atoms. The molecule has 1 N–H and O–H groups in total. The van der Waals surface area contributed by atoms with E-state index in [4.69, 9.17) is 9.15 Å². The molecule has 2 rings (SSSR count). The predicted molar refractivity (Wildman–Crippen MR) is 106 cm³/mol. The average Bonchev–Trinajstić information content (AvgIpc) is 3.12. The summed E-state index contributed by atoms with van der Waals surface area (Å²) in [5.41, 5.74) is 4.14. The van der Waals surface area contributed by atoms with Crippen LogP contribution in [0.25, 0.3) is 0 Å². The van der Waals surface area contributed by atoms with Crippen molar-refractivity contribution >= 4 is 5.91 Å². The molecule has 0 saturated carbocycles. The first-order valence-corrected chi connectivity index (χ1v) is 9.46. The van der Waals surface area contributed by atoms with E-state index >= 15 is 0 Å². The Labute approximate surface area is 161 Å². The van der Waals surface area contributed by atoms with Crippen molar-refractivity contribution in [3.05, 3.63) is 52.7 Å². The third-order valence-corrected chi connectivity index (χ3v) is 4.81. The number of oxazole rings is 1. The van der Waals surface area contributed by atoms with Gasteiger partial charge in [0.15, 0.2) is 5.69 Å². The van der Waals surface area contributed by atoms with Crippen molar-refractivity contribution in [3.63, 3.8) is 0 Å². The molecule has 0 saturated heterocycles. The number of nitrogens with one attached hydrogen (secondary N) is 1. The molecule has 1 atom stereocenters. The highest BCUT2D eigenvalue weighted by Gasteiger charge is 2.19.